The maximum atomic E-state index is 13.4. The molecule has 2 aromatic carbocycles. The molecule has 3 aliphatic heterocycles. The molecule has 0 unspecified atom stereocenters. The Kier molecular flexibility index (Phi) is 5.73. The number of piperazine rings is 1. The Balaban J connectivity index is 1.33. The summed E-state index contributed by atoms with van der Waals surface area (Å²) >= 11 is 0. The van der Waals surface area contributed by atoms with Gasteiger partial charge in [0.25, 0.3) is 5.91 Å². The number of sulfonamides is 1. The average molecular weight is 486 g/mol. The van der Waals surface area contributed by atoms with Crippen LogP contribution in [-0.2, 0) is 27.7 Å². The van der Waals surface area contributed by atoms with Gasteiger partial charge in [0, 0.05) is 45.2 Å². The molecule has 34 heavy (non-hydrogen) atoms. The van der Waals surface area contributed by atoms with Crippen LogP contribution in [0.25, 0.3) is 0 Å². The Morgan fingerprint density at radius 1 is 0.882 bits per heavy atom. The molecule has 0 atom stereocenters. The van der Waals surface area contributed by atoms with Crippen molar-refractivity contribution in [1.29, 1.82) is 0 Å². The Morgan fingerprint density at radius 2 is 1.59 bits per heavy atom. The molecule has 5 rings (SSSR count). The summed E-state index contributed by atoms with van der Waals surface area (Å²) in [6.45, 7) is 1.61. The molecule has 3 heterocycles. The molecule has 9 nitrogen and oxygen atoms in total. The van der Waals surface area contributed by atoms with E-state index in [0.717, 1.165) is 16.8 Å². The third kappa shape index (κ3) is 3.70. The SMILES string of the molecule is COc1ccc(C(=O)N2CCN(S(=O)(=O)c3cc4c5c(c3)CCN5C(=O)CC4)CC2)c(OC)c1. The fourth-order valence-corrected chi connectivity index (χ4v) is 6.53. The first kappa shape index (κ1) is 22.7. The number of hydrogen-bond donors (Lipinski definition) is 0. The van der Waals surface area contributed by atoms with E-state index >= 15 is 0 Å². The smallest absolute Gasteiger partial charge is 0.257 e. The summed E-state index contributed by atoms with van der Waals surface area (Å²) < 4.78 is 38.9. The number of carbonyl (C=O) groups excluding carboxylic acids is 2. The quantitative estimate of drug-likeness (QED) is 0.640. The first-order valence-corrected chi connectivity index (χ1v) is 12.7. The largest absolute Gasteiger partial charge is 0.497 e. The lowest BCUT2D eigenvalue weighted by molar-refractivity contribution is -0.118. The number of aryl methyl sites for hydroxylation is 1. The summed E-state index contributed by atoms with van der Waals surface area (Å²) in [5, 5.41) is 0. The van der Waals surface area contributed by atoms with Crippen molar-refractivity contribution >= 4 is 27.5 Å². The first-order valence-electron chi connectivity index (χ1n) is 11.3. The van der Waals surface area contributed by atoms with Gasteiger partial charge in [0.05, 0.1) is 30.4 Å². The van der Waals surface area contributed by atoms with E-state index in [0.29, 0.717) is 42.9 Å². The molecule has 180 valence electrons. The third-order valence-corrected chi connectivity index (χ3v) is 8.70. The molecule has 1 saturated heterocycles. The number of nitrogens with zero attached hydrogens (tertiary/aromatic N) is 3. The van der Waals surface area contributed by atoms with Crippen molar-refractivity contribution < 1.29 is 27.5 Å². The van der Waals surface area contributed by atoms with Gasteiger partial charge in [0.2, 0.25) is 15.9 Å². The van der Waals surface area contributed by atoms with E-state index in [1.165, 1.54) is 11.4 Å². The van der Waals surface area contributed by atoms with Crippen molar-refractivity contribution in [2.24, 2.45) is 0 Å². The second-order valence-electron chi connectivity index (χ2n) is 8.65. The van der Waals surface area contributed by atoms with Crippen LogP contribution in [0.2, 0.25) is 0 Å². The minimum absolute atomic E-state index is 0.108. The van der Waals surface area contributed by atoms with Gasteiger partial charge < -0.3 is 19.3 Å². The molecule has 2 amide bonds. The number of ether oxygens (including phenoxy) is 2. The van der Waals surface area contributed by atoms with Gasteiger partial charge in [-0.05, 0) is 48.2 Å². The van der Waals surface area contributed by atoms with E-state index in [-0.39, 0.29) is 42.9 Å². The van der Waals surface area contributed by atoms with Gasteiger partial charge in [0.15, 0.2) is 0 Å². The highest BCUT2D eigenvalue weighted by Gasteiger charge is 2.36. The Labute approximate surface area is 198 Å². The monoisotopic (exact) mass is 485 g/mol. The zero-order valence-electron chi connectivity index (χ0n) is 19.2. The van der Waals surface area contributed by atoms with Crippen LogP contribution in [0.4, 0.5) is 5.69 Å². The molecule has 0 aliphatic carbocycles. The Hall–Kier alpha value is -3.11. The standard InChI is InChI=1S/C24H27N3O6S/c1-32-18-4-5-20(21(15-18)33-2)24(29)25-9-11-26(12-10-25)34(30,31)19-13-16-3-6-22(28)27-8-7-17(14-19)23(16)27/h4-5,13-15H,3,6-12H2,1-2H3. The first-order chi connectivity index (χ1) is 16.3. The van der Waals surface area contributed by atoms with Crippen LogP contribution in [0.3, 0.4) is 0 Å². The van der Waals surface area contributed by atoms with Crippen LogP contribution in [0.5, 0.6) is 11.5 Å². The van der Waals surface area contributed by atoms with E-state index in [1.54, 1.807) is 47.2 Å². The molecule has 0 saturated carbocycles. The van der Waals surface area contributed by atoms with Crippen molar-refractivity contribution in [1.82, 2.24) is 9.21 Å². The topological polar surface area (TPSA) is 96.5 Å². The number of rotatable bonds is 5. The average Bonchev–Trinajstić information content (AvgIpc) is 3.31. The van der Waals surface area contributed by atoms with Gasteiger partial charge in [-0.3, -0.25) is 9.59 Å². The summed E-state index contributed by atoms with van der Waals surface area (Å²) in [4.78, 5) is 28.9. The molecule has 0 bridgehead atoms. The van der Waals surface area contributed by atoms with Crippen LogP contribution in [0, 0.1) is 0 Å². The fraction of sp³-hybridized carbons (Fsp3) is 0.417. The van der Waals surface area contributed by atoms with Crippen molar-refractivity contribution in [2.45, 2.75) is 24.2 Å². The summed E-state index contributed by atoms with van der Waals surface area (Å²) in [6, 6.07) is 8.45. The third-order valence-electron chi connectivity index (χ3n) is 6.83. The number of carbonyl (C=O) groups is 2. The second-order valence-corrected chi connectivity index (χ2v) is 10.6. The summed E-state index contributed by atoms with van der Waals surface area (Å²) in [6.07, 6.45) is 1.64. The van der Waals surface area contributed by atoms with E-state index < -0.39 is 10.0 Å². The molecule has 0 radical (unpaired) electrons. The maximum absolute atomic E-state index is 13.4. The van der Waals surface area contributed by atoms with Gasteiger partial charge in [0.1, 0.15) is 11.5 Å². The van der Waals surface area contributed by atoms with E-state index in [1.807, 2.05) is 0 Å². The molecule has 0 aromatic heterocycles. The zero-order chi connectivity index (χ0) is 24.0. The van der Waals surface area contributed by atoms with Gasteiger partial charge >= 0.3 is 0 Å². The summed E-state index contributed by atoms with van der Waals surface area (Å²) in [7, 11) is -0.670. The second kappa shape index (κ2) is 8.59. The van der Waals surface area contributed by atoms with E-state index in [2.05, 4.69) is 0 Å². The number of anilines is 1. The van der Waals surface area contributed by atoms with Gasteiger partial charge in [-0.15, -0.1) is 0 Å². The molecule has 3 aliphatic rings. The summed E-state index contributed by atoms with van der Waals surface area (Å²) in [5.74, 6) is 0.906. The van der Waals surface area contributed by atoms with Crippen molar-refractivity contribution in [3.05, 3.63) is 47.0 Å². The highest BCUT2D eigenvalue weighted by molar-refractivity contribution is 7.89. The van der Waals surface area contributed by atoms with Gasteiger partial charge in [-0.1, -0.05) is 0 Å². The van der Waals surface area contributed by atoms with Crippen LogP contribution < -0.4 is 14.4 Å². The Bertz CT molecular complexity index is 1270. The highest BCUT2D eigenvalue weighted by atomic mass is 32.2. The minimum Gasteiger partial charge on any atom is -0.497 e. The fourth-order valence-electron chi connectivity index (χ4n) is 5.00. The van der Waals surface area contributed by atoms with Crippen molar-refractivity contribution in [3.8, 4) is 11.5 Å². The normalized spacial score (nSPS) is 18.1. The maximum Gasteiger partial charge on any atom is 0.257 e. The van der Waals surface area contributed by atoms with Crippen molar-refractivity contribution in [3.63, 3.8) is 0 Å². The molecule has 0 spiro atoms. The summed E-state index contributed by atoms with van der Waals surface area (Å²) in [5.41, 5.74) is 3.16. The van der Waals surface area contributed by atoms with Crippen LogP contribution in [-0.4, -0.2) is 76.4 Å². The molecular weight excluding hydrogens is 458 g/mol. The van der Waals surface area contributed by atoms with Crippen LogP contribution in [0.15, 0.2) is 35.2 Å². The van der Waals surface area contributed by atoms with E-state index in [4.69, 9.17) is 9.47 Å². The predicted molar refractivity (Wildman–Crippen MR) is 125 cm³/mol. The van der Waals surface area contributed by atoms with E-state index in [9.17, 15) is 18.0 Å². The van der Waals surface area contributed by atoms with Crippen LogP contribution >= 0.6 is 0 Å². The lowest BCUT2D eigenvalue weighted by Gasteiger charge is -2.34. The van der Waals surface area contributed by atoms with Gasteiger partial charge in [-0.25, -0.2) is 8.42 Å². The highest BCUT2D eigenvalue weighted by Crippen LogP contribution is 2.39. The minimum atomic E-state index is -3.71. The molecule has 0 N–H and O–H groups in total. The van der Waals surface area contributed by atoms with Crippen molar-refractivity contribution in [2.75, 3.05) is 51.8 Å². The van der Waals surface area contributed by atoms with Gasteiger partial charge in [-0.2, -0.15) is 4.31 Å². The predicted octanol–water partition coefficient (Wildman–Crippen LogP) is 1.69. The Morgan fingerprint density at radius 3 is 2.26 bits per heavy atom. The molecule has 1 fully saturated rings. The number of benzene rings is 2. The number of amides is 2. The zero-order valence-corrected chi connectivity index (χ0v) is 20.1. The van der Waals surface area contributed by atoms with Crippen LogP contribution in [0.1, 0.15) is 27.9 Å². The number of hydrogen-bond acceptors (Lipinski definition) is 6. The lowest BCUT2D eigenvalue weighted by Crippen LogP contribution is -2.50. The number of methoxy groups -OCH3 is 2. The molecule has 2 aromatic rings. The molecular formula is C24H27N3O6S. The lowest BCUT2D eigenvalue weighted by atomic mass is 10.00. The molecule has 10 heteroatoms.